The first-order valence-corrected chi connectivity index (χ1v) is 12.7. The SMILES string of the molecule is CCOC(=O)c1cn(-c2ccc(F)cc2F)c2nc([N+]3(c4ccccc4)N=CC4=C3CCNC4)c(F)cc2c1=O. The van der Waals surface area contributed by atoms with Crippen molar-refractivity contribution in [1.82, 2.24) is 19.5 Å². The number of para-hydroxylation sites is 1. The van der Waals surface area contributed by atoms with Crippen LogP contribution in [0.2, 0.25) is 0 Å². The Morgan fingerprint density at radius 1 is 1.10 bits per heavy atom. The Labute approximate surface area is 226 Å². The summed E-state index contributed by atoms with van der Waals surface area (Å²) in [6.45, 7) is 2.72. The van der Waals surface area contributed by atoms with Crippen molar-refractivity contribution in [2.75, 3.05) is 19.7 Å². The number of nitrogens with zero attached hydrogens (tertiary/aromatic N) is 4. The number of benzene rings is 2. The fraction of sp³-hybridized carbons (Fsp3) is 0.172. The number of aromatic nitrogens is 2. The Balaban J connectivity index is 1.71. The predicted octanol–water partition coefficient (Wildman–Crippen LogP) is 4.87. The van der Waals surface area contributed by atoms with Crippen LogP contribution in [-0.4, -0.2) is 41.4 Å². The second kappa shape index (κ2) is 9.85. The molecule has 2 aromatic heterocycles. The van der Waals surface area contributed by atoms with Gasteiger partial charge in [0, 0.05) is 49.5 Å². The van der Waals surface area contributed by atoms with E-state index in [9.17, 15) is 14.0 Å². The Hall–Kier alpha value is -4.61. The van der Waals surface area contributed by atoms with Gasteiger partial charge in [0.1, 0.15) is 17.2 Å². The molecule has 2 aliphatic rings. The molecule has 0 amide bonds. The van der Waals surface area contributed by atoms with Gasteiger partial charge >= 0.3 is 11.8 Å². The highest BCUT2D eigenvalue weighted by Crippen LogP contribution is 2.46. The first kappa shape index (κ1) is 25.7. The third-order valence-electron chi connectivity index (χ3n) is 7.02. The van der Waals surface area contributed by atoms with E-state index in [4.69, 9.17) is 9.84 Å². The normalized spacial score (nSPS) is 18.3. The second-order valence-corrected chi connectivity index (χ2v) is 9.34. The topological polar surface area (TPSA) is 85.6 Å². The van der Waals surface area contributed by atoms with Crippen molar-refractivity contribution in [3.8, 4) is 5.69 Å². The summed E-state index contributed by atoms with van der Waals surface area (Å²) in [5, 5.41) is 7.76. The molecular weight excluding hydrogens is 523 g/mol. The van der Waals surface area contributed by atoms with Crippen LogP contribution in [0.3, 0.4) is 0 Å². The van der Waals surface area contributed by atoms with Crippen LogP contribution in [-0.2, 0) is 4.74 Å². The zero-order valence-corrected chi connectivity index (χ0v) is 21.3. The first-order chi connectivity index (χ1) is 19.3. The van der Waals surface area contributed by atoms with Gasteiger partial charge in [0.15, 0.2) is 17.0 Å². The molecule has 1 unspecified atom stereocenters. The lowest BCUT2D eigenvalue weighted by Crippen LogP contribution is -2.41. The number of carbonyl (C=O) groups is 1. The fourth-order valence-corrected chi connectivity index (χ4v) is 5.24. The van der Waals surface area contributed by atoms with Crippen LogP contribution in [0.5, 0.6) is 0 Å². The number of quaternary nitrogens is 1. The predicted molar refractivity (Wildman–Crippen MR) is 144 cm³/mol. The van der Waals surface area contributed by atoms with Gasteiger partial charge < -0.3 is 10.1 Å². The summed E-state index contributed by atoms with van der Waals surface area (Å²) in [4.78, 5) is 30.7. The zero-order chi connectivity index (χ0) is 28.0. The molecule has 0 radical (unpaired) electrons. The lowest BCUT2D eigenvalue weighted by atomic mass is 10.1. The Morgan fingerprint density at radius 2 is 1.90 bits per heavy atom. The van der Waals surface area contributed by atoms with Crippen molar-refractivity contribution < 1.29 is 22.7 Å². The molecule has 4 heterocycles. The molecule has 6 rings (SSSR count). The molecule has 0 spiro atoms. The number of pyridine rings is 2. The van der Waals surface area contributed by atoms with Crippen LogP contribution in [0.25, 0.3) is 16.7 Å². The summed E-state index contributed by atoms with van der Waals surface area (Å²) in [5.41, 5.74) is 0.703. The summed E-state index contributed by atoms with van der Waals surface area (Å²) in [6.07, 6.45) is 3.31. The standard InChI is InChI=1S/C29H23F3N5O3/c1-2-40-29(39)21-16-36(24-9-8-18(30)12-22(24)31)27-20(26(21)38)13-23(32)28(35-27)37(19-6-4-3-5-7-19)25-10-11-33-14-17(25)15-34-37/h3-9,12-13,15-16,33H,2,10-11,14H2,1H3/q+1. The van der Waals surface area contributed by atoms with E-state index in [-0.39, 0.29) is 29.1 Å². The number of hydrogen-bond donors (Lipinski definition) is 1. The molecule has 0 saturated heterocycles. The van der Waals surface area contributed by atoms with E-state index in [0.717, 1.165) is 40.2 Å². The molecule has 4 aromatic rings. The van der Waals surface area contributed by atoms with Gasteiger partial charge in [-0.25, -0.2) is 13.6 Å². The van der Waals surface area contributed by atoms with Gasteiger partial charge in [-0.2, -0.15) is 9.37 Å². The summed E-state index contributed by atoms with van der Waals surface area (Å²) in [5.74, 6) is -3.73. The molecule has 0 fully saturated rings. The summed E-state index contributed by atoms with van der Waals surface area (Å²) in [7, 11) is 0. The molecule has 0 saturated carbocycles. The van der Waals surface area contributed by atoms with Crippen molar-refractivity contribution in [3.63, 3.8) is 0 Å². The highest BCUT2D eigenvalue weighted by Gasteiger charge is 2.48. The number of nitrogens with one attached hydrogen (secondary N) is 1. The molecule has 0 aliphatic carbocycles. The largest absolute Gasteiger partial charge is 0.462 e. The maximum atomic E-state index is 16.2. The molecular formula is C29H23F3N5O3+. The minimum atomic E-state index is -0.970. The van der Waals surface area contributed by atoms with Crippen LogP contribution < -0.4 is 15.3 Å². The van der Waals surface area contributed by atoms with Crippen LogP contribution >= 0.6 is 0 Å². The maximum absolute atomic E-state index is 16.2. The molecule has 2 aliphatic heterocycles. The van der Waals surface area contributed by atoms with E-state index in [1.54, 1.807) is 37.4 Å². The van der Waals surface area contributed by atoms with Gasteiger partial charge in [0.2, 0.25) is 11.2 Å². The lowest BCUT2D eigenvalue weighted by Gasteiger charge is -2.31. The molecule has 1 N–H and O–H groups in total. The quantitative estimate of drug-likeness (QED) is 0.285. The number of fused-ring (bicyclic) bond motifs is 1. The van der Waals surface area contributed by atoms with Crippen molar-refractivity contribution in [3.05, 3.63) is 105 Å². The van der Waals surface area contributed by atoms with Gasteiger partial charge in [-0.3, -0.25) is 9.36 Å². The number of ether oxygens (including phenoxy) is 1. The molecule has 11 heteroatoms. The Bertz CT molecular complexity index is 1800. The highest BCUT2D eigenvalue weighted by molar-refractivity contribution is 5.94. The van der Waals surface area contributed by atoms with Crippen LogP contribution in [0.15, 0.2) is 82.0 Å². The minimum Gasteiger partial charge on any atom is -0.462 e. The smallest absolute Gasteiger partial charge is 0.343 e. The van der Waals surface area contributed by atoms with Crippen molar-refractivity contribution in [1.29, 1.82) is 0 Å². The van der Waals surface area contributed by atoms with Crippen molar-refractivity contribution in [2.45, 2.75) is 13.3 Å². The first-order valence-electron chi connectivity index (χ1n) is 12.7. The van der Waals surface area contributed by atoms with Gasteiger partial charge in [-0.05, 0) is 25.1 Å². The lowest BCUT2D eigenvalue weighted by molar-refractivity contribution is 0.0524. The molecule has 202 valence electrons. The number of esters is 1. The number of carbonyl (C=O) groups excluding carboxylic acids is 1. The van der Waals surface area contributed by atoms with Gasteiger partial charge in [-0.1, -0.05) is 27.9 Å². The maximum Gasteiger partial charge on any atom is 0.343 e. The number of hydrogen-bond acceptors (Lipinski definition) is 6. The minimum absolute atomic E-state index is 0.0197. The molecule has 40 heavy (non-hydrogen) atoms. The number of rotatable bonds is 5. The van der Waals surface area contributed by atoms with E-state index < -0.39 is 39.0 Å². The highest BCUT2D eigenvalue weighted by atomic mass is 19.1. The molecule has 1 atom stereocenters. The average molecular weight is 547 g/mol. The Kier molecular flexibility index (Phi) is 6.32. The second-order valence-electron chi connectivity index (χ2n) is 9.34. The van der Waals surface area contributed by atoms with E-state index in [1.807, 2.05) is 6.07 Å². The van der Waals surface area contributed by atoms with E-state index >= 15 is 8.78 Å². The summed E-state index contributed by atoms with van der Waals surface area (Å²) < 4.78 is 50.8. The fourth-order valence-electron chi connectivity index (χ4n) is 5.24. The molecule has 2 aromatic carbocycles. The Morgan fingerprint density at radius 3 is 2.65 bits per heavy atom. The van der Waals surface area contributed by atoms with Crippen LogP contribution in [0.4, 0.5) is 24.7 Å². The molecule has 8 nitrogen and oxygen atoms in total. The summed E-state index contributed by atoms with van der Waals surface area (Å²) >= 11 is 0. The average Bonchev–Trinajstić information content (AvgIpc) is 3.35. The van der Waals surface area contributed by atoms with Gasteiger partial charge in [0.05, 0.1) is 23.9 Å². The van der Waals surface area contributed by atoms with Crippen molar-refractivity contribution in [2.24, 2.45) is 5.10 Å². The van der Waals surface area contributed by atoms with Gasteiger partial charge in [-0.15, -0.1) is 0 Å². The van der Waals surface area contributed by atoms with Crippen LogP contribution in [0, 0.1) is 17.5 Å². The monoisotopic (exact) mass is 546 g/mol. The van der Waals surface area contributed by atoms with E-state index in [2.05, 4.69) is 10.3 Å². The van der Waals surface area contributed by atoms with Crippen molar-refractivity contribution >= 4 is 34.7 Å². The zero-order valence-electron chi connectivity index (χ0n) is 21.3. The van der Waals surface area contributed by atoms with Crippen LogP contribution in [0.1, 0.15) is 23.7 Å². The number of halogens is 3. The third kappa shape index (κ3) is 3.93. The third-order valence-corrected chi connectivity index (χ3v) is 7.02. The van der Waals surface area contributed by atoms with E-state index in [0.29, 0.717) is 31.3 Å². The summed E-state index contributed by atoms with van der Waals surface area (Å²) in [6, 6.07) is 12.9. The molecule has 0 bridgehead atoms. The van der Waals surface area contributed by atoms with E-state index in [1.165, 1.54) is 0 Å². The van der Waals surface area contributed by atoms with Gasteiger partial charge in [0.25, 0.3) is 0 Å².